The van der Waals surface area contributed by atoms with Crippen LogP contribution in [0.1, 0.15) is 5.69 Å². The van der Waals surface area contributed by atoms with Gasteiger partial charge >= 0.3 is 0 Å². The molecule has 0 unspecified atom stereocenters. The second-order valence-corrected chi connectivity index (χ2v) is 3.78. The van der Waals surface area contributed by atoms with Gasteiger partial charge in [0.1, 0.15) is 23.9 Å². The van der Waals surface area contributed by atoms with Crippen LogP contribution in [0.5, 0.6) is 0 Å². The third-order valence-electron chi connectivity index (χ3n) is 2.62. The molecule has 1 aromatic rings. The van der Waals surface area contributed by atoms with E-state index in [1.807, 2.05) is 6.07 Å². The molecule has 0 spiro atoms. The first kappa shape index (κ1) is 11.8. The molecule has 0 saturated carbocycles. The molecule has 0 atom stereocenters. The van der Waals surface area contributed by atoms with Crippen molar-refractivity contribution >= 4 is 5.82 Å². The van der Waals surface area contributed by atoms with Crippen LogP contribution in [0, 0.1) is 11.3 Å². The maximum atomic E-state index is 8.70. The summed E-state index contributed by atoms with van der Waals surface area (Å²) in [5.41, 5.74) is 0.383. The van der Waals surface area contributed by atoms with E-state index >= 15 is 0 Å². The van der Waals surface area contributed by atoms with Gasteiger partial charge in [-0.1, -0.05) is 0 Å². The van der Waals surface area contributed by atoms with Crippen molar-refractivity contribution in [3.05, 3.63) is 18.1 Å². The van der Waals surface area contributed by atoms with Crippen molar-refractivity contribution in [2.75, 3.05) is 44.7 Å². The quantitative estimate of drug-likeness (QED) is 0.794. The van der Waals surface area contributed by atoms with Crippen LogP contribution >= 0.6 is 0 Å². The van der Waals surface area contributed by atoms with E-state index < -0.39 is 0 Å². The Morgan fingerprint density at radius 1 is 1.41 bits per heavy atom. The first-order valence-corrected chi connectivity index (χ1v) is 5.64. The van der Waals surface area contributed by atoms with Crippen LogP contribution in [0.3, 0.4) is 0 Å². The highest BCUT2D eigenvalue weighted by Gasteiger charge is 2.09. The molecule has 17 heavy (non-hydrogen) atoms. The molecule has 0 bridgehead atoms. The number of rotatable bonds is 4. The van der Waals surface area contributed by atoms with Gasteiger partial charge in [0.15, 0.2) is 0 Å². The number of anilines is 1. The predicted molar refractivity (Wildman–Crippen MR) is 62.5 cm³/mol. The molecule has 1 aliphatic heterocycles. The Bertz CT molecular complexity index is 397. The normalized spacial score (nSPS) is 16.4. The Morgan fingerprint density at radius 2 is 2.24 bits per heavy atom. The van der Waals surface area contributed by atoms with Crippen molar-refractivity contribution < 1.29 is 4.74 Å². The van der Waals surface area contributed by atoms with E-state index in [1.165, 1.54) is 6.33 Å². The van der Waals surface area contributed by atoms with Gasteiger partial charge in [0.25, 0.3) is 0 Å². The number of hydrogen-bond donors (Lipinski definition) is 1. The molecule has 0 aliphatic carbocycles. The molecule has 6 nitrogen and oxygen atoms in total. The molecule has 2 heterocycles. The summed E-state index contributed by atoms with van der Waals surface area (Å²) in [5, 5.41) is 11.9. The maximum absolute atomic E-state index is 8.70. The van der Waals surface area contributed by atoms with E-state index in [2.05, 4.69) is 20.2 Å². The summed E-state index contributed by atoms with van der Waals surface area (Å²) in [4.78, 5) is 10.2. The minimum Gasteiger partial charge on any atom is -0.379 e. The SMILES string of the molecule is N#Cc1cc(NCCN2CCOCC2)ncn1. The average molecular weight is 233 g/mol. The lowest BCUT2D eigenvalue weighted by Crippen LogP contribution is -2.39. The monoisotopic (exact) mass is 233 g/mol. The van der Waals surface area contributed by atoms with Crippen molar-refractivity contribution in [3.63, 3.8) is 0 Å². The van der Waals surface area contributed by atoms with E-state index in [0.717, 1.165) is 39.4 Å². The summed E-state index contributed by atoms with van der Waals surface area (Å²) in [5.74, 6) is 0.699. The fraction of sp³-hybridized carbons (Fsp3) is 0.545. The molecule has 1 aliphatic rings. The van der Waals surface area contributed by atoms with Gasteiger partial charge in [-0.05, 0) is 0 Å². The number of nitrogens with zero attached hydrogens (tertiary/aromatic N) is 4. The lowest BCUT2D eigenvalue weighted by atomic mass is 10.4. The van der Waals surface area contributed by atoms with Crippen LogP contribution in [0.25, 0.3) is 0 Å². The first-order chi connectivity index (χ1) is 8.38. The molecule has 1 aromatic heterocycles. The zero-order valence-corrected chi connectivity index (χ0v) is 9.59. The molecule has 0 amide bonds. The van der Waals surface area contributed by atoms with Crippen LogP contribution < -0.4 is 5.32 Å². The summed E-state index contributed by atoms with van der Waals surface area (Å²) in [6.45, 7) is 5.35. The molecule has 0 radical (unpaired) electrons. The molecule has 2 rings (SSSR count). The van der Waals surface area contributed by atoms with Crippen molar-refractivity contribution in [1.82, 2.24) is 14.9 Å². The number of hydrogen-bond acceptors (Lipinski definition) is 6. The number of morpholine rings is 1. The zero-order chi connectivity index (χ0) is 11.9. The first-order valence-electron chi connectivity index (χ1n) is 5.64. The molecule has 90 valence electrons. The van der Waals surface area contributed by atoms with Crippen molar-refractivity contribution in [2.45, 2.75) is 0 Å². The summed E-state index contributed by atoms with van der Waals surface area (Å²) in [7, 11) is 0. The Labute approximate surface area is 100 Å². The number of aromatic nitrogens is 2. The molecule has 1 saturated heterocycles. The third kappa shape index (κ3) is 3.66. The second kappa shape index (κ2) is 6.13. The molecule has 1 fully saturated rings. The summed E-state index contributed by atoms with van der Waals surface area (Å²) in [6.07, 6.45) is 1.40. The summed E-state index contributed by atoms with van der Waals surface area (Å²) >= 11 is 0. The van der Waals surface area contributed by atoms with Gasteiger partial charge in [0, 0.05) is 32.2 Å². The lowest BCUT2D eigenvalue weighted by molar-refractivity contribution is 0.0398. The largest absolute Gasteiger partial charge is 0.379 e. The number of ether oxygens (including phenoxy) is 1. The van der Waals surface area contributed by atoms with E-state index in [9.17, 15) is 0 Å². The van der Waals surface area contributed by atoms with Gasteiger partial charge in [0.2, 0.25) is 0 Å². The minimum atomic E-state index is 0.383. The minimum absolute atomic E-state index is 0.383. The zero-order valence-electron chi connectivity index (χ0n) is 9.59. The number of nitriles is 1. The van der Waals surface area contributed by atoms with Crippen LogP contribution in [-0.4, -0.2) is 54.3 Å². The molecule has 6 heteroatoms. The fourth-order valence-electron chi connectivity index (χ4n) is 1.68. The molecule has 1 N–H and O–H groups in total. The van der Waals surface area contributed by atoms with Crippen molar-refractivity contribution in [3.8, 4) is 6.07 Å². The van der Waals surface area contributed by atoms with E-state index in [0.29, 0.717) is 11.5 Å². The van der Waals surface area contributed by atoms with Crippen LogP contribution in [0.4, 0.5) is 5.82 Å². The number of nitrogens with one attached hydrogen (secondary N) is 1. The van der Waals surface area contributed by atoms with Crippen LogP contribution in [0.2, 0.25) is 0 Å². The van der Waals surface area contributed by atoms with Crippen LogP contribution in [-0.2, 0) is 4.74 Å². The summed E-state index contributed by atoms with van der Waals surface area (Å²) in [6, 6.07) is 3.64. The summed E-state index contributed by atoms with van der Waals surface area (Å²) < 4.78 is 5.28. The highest BCUT2D eigenvalue weighted by Crippen LogP contribution is 2.02. The van der Waals surface area contributed by atoms with E-state index in [1.54, 1.807) is 6.07 Å². The smallest absolute Gasteiger partial charge is 0.145 e. The Hall–Kier alpha value is -1.71. The Balaban J connectivity index is 1.75. The van der Waals surface area contributed by atoms with E-state index in [-0.39, 0.29) is 0 Å². The van der Waals surface area contributed by atoms with Crippen LogP contribution in [0.15, 0.2) is 12.4 Å². The lowest BCUT2D eigenvalue weighted by Gasteiger charge is -2.26. The molecular weight excluding hydrogens is 218 g/mol. The maximum Gasteiger partial charge on any atom is 0.145 e. The third-order valence-corrected chi connectivity index (χ3v) is 2.62. The van der Waals surface area contributed by atoms with Gasteiger partial charge in [-0.15, -0.1) is 0 Å². The van der Waals surface area contributed by atoms with E-state index in [4.69, 9.17) is 10.00 Å². The van der Waals surface area contributed by atoms with Gasteiger partial charge in [-0.3, -0.25) is 4.90 Å². The second-order valence-electron chi connectivity index (χ2n) is 3.78. The Kier molecular flexibility index (Phi) is 4.24. The van der Waals surface area contributed by atoms with Gasteiger partial charge in [0.05, 0.1) is 13.2 Å². The van der Waals surface area contributed by atoms with Gasteiger partial charge < -0.3 is 10.1 Å². The molecule has 0 aromatic carbocycles. The Morgan fingerprint density at radius 3 is 3.00 bits per heavy atom. The standard InChI is InChI=1S/C11H15N5O/c12-8-10-7-11(15-9-14-10)13-1-2-16-3-5-17-6-4-16/h7,9H,1-6H2,(H,13,14,15). The van der Waals surface area contributed by atoms with Crippen molar-refractivity contribution in [1.29, 1.82) is 5.26 Å². The highest BCUT2D eigenvalue weighted by molar-refractivity contribution is 5.38. The molecular formula is C11H15N5O. The topological polar surface area (TPSA) is 74.1 Å². The average Bonchev–Trinajstić information content (AvgIpc) is 2.40. The van der Waals surface area contributed by atoms with Crippen molar-refractivity contribution in [2.24, 2.45) is 0 Å². The fourth-order valence-corrected chi connectivity index (χ4v) is 1.68. The van der Waals surface area contributed by atoms with Gasteiger partial charge in [-0.25, -0.2) is 9.97 Å². The predicted octanol–water partition coefficient (Wildman–Crippen LogP) is 0.0924. The van der Waals surface area contributed by atoms with Gasteiger partial charge in [-0.2, -0.15) is 5.26 Å². The highest BCUT2D eigenvalue weighted by atomic mass is 16.5.